The van der Waals surface area contributed by atoms with Crippen molar-refractivity contribution in [1.82, 2.24) is 0 Å². The molecule has 1 heterocycles. The van der Waals surface area contributed by atoms with E-state index in [1.165, 1.54) is 11.3 Å². The van der Waals surface area contributed by atoms with Crippen molar-refractivity contribution in [3.63, 3.8) is 0 Å². The second kappa shape index (κ2) is 7.45. The molecule has 4 nitrogen and oxygen atoms in total. The van der Waals surface area contributed by atoms with Crippen molar-refractivity contribution in [3.05, 3.63) is 46.2 Å². The molecule has 0 bridgehead atoms. The van der Waals surface area contributed by atoms with Crippen LogP contribution >= 0.6 is 11.3 Å². The third-order valence-electron chi connectivity index (χ3n) is 2.50. The van der Waals surface area contributed by atoms with Gasteiger partial charge in [-0.25, -0.2) is 0 Å². The third kappa shape index (κ3) is 3.93. The second-order valence-electron chi connectivity index (χ2n) is 3.89. The van der Waals surface area contributed by atoms with E-state index in [1.54, 1.807) is 36.6 Å². The van der Waals surface area contributed by atoms with Crippen molar-refractivity contribution in [2.75, 3.05) is 11.1 Å². The zero-order valence-corrected chi connectivity index (χ0v) is 12.7. The lowest BCUT2D eigenvalue weighted by Crippen LogP contribution is -2.11. The summed E-state index contributed by atoms with van der Waals surface area (Å²) in [6.45, 7) is 5.66. The summed E-state index contributed by atoms with van der Waals surface area (Å²) in [4.78, 5) is 11.9. The Morgan fingerprint density at radius 3 is 2.60 bits per heavy atom. The van der Waals surface area contributed by atoms with Gasteiger partial charge in [0.15, 0.2) is 0 Å². The number of carbonyl (C=O) groups is 1. The summed E-state index contributed by atoms with van der Waals surface area (Å²) in [7, 11) is 0. The Bertz CT molecular complexity index is 601. The minimum absolute atomic E-state index is 0. The van der Waals surface area contributed by atoms with Crippen LogP contribution in [0.1, 0.15) is 39.5 Å². The molecule has 0 unspecified atom stereocenters. The lowest BCUT2D eigenvalue weighted by atomic mass is 10.1. The van der Waals surface area contributed by atoms with Crippen molar-refractivity contribution >= 4 is 34.3 Å². The molecule has 0 fully saturated rings. The summed E-state index contributed by atoms with van der Waals surface area (Å²) in [5.74, 6) is -0.158. The SMILES string of the molecule is CC.CC(=N)c1cc(NC(=O)c2ccsc2)ccc1N.[HH].[HH]. The van der Waals surface area contributed by atoms with Crippen LogP contribution in [0.5, 0.6) is 0 Å². The zero-order chi connectivity index (χ0) is 15.1. The lowest BCUT2D eigenvalue weighted by Gasteiger charge is -2.08. The van der Waals surface area contributed by atoms with Crippen LogP contribution in [0.2, 0.25) is 0 Å². The Morgan fingerprint density at radius 1 is 1.35 bits per heavy atom. The highest BCUT2D eigenvalue weighted by atomic mass is 32.1. The highest BCUT2D eigenvalue weighted by molar-refractivity contribution is 7.08. The van der Waals surface area contributed by atoms with Gasteiger partial charge in [-0.05, 0) is 36.6 Å². The van der Waals surface area contributed by atoms with Gasteiger partial charge in [0.05, 0.1) is 5.56 Å². The maximum atomic E-state index is 11.9. The first-order valence-electron chi connectivity index (χ1n) is 6.36. The number of nitrogen functional groups attached to an aromatic ring is 1. The molecule has 5 heteroatoms. The van der Waals surface area contributed by atoms with E-state index in [-0.39, 0.29) is 8.76 Å². The summed E-state index contributed by atoms with van der Waals surface area (Å²) in [5, 5.41) is 14.0. The molecular formula is C15H23N3OS. The minimum atomic E-state index is -0.158. The quantitative estimate of drug-likeness (QED) is 0.576. The molecule has 0 atom stereocenters. The average molecular weight is 293 g/mol. The molecule has 0 aliphatic carbocycles. The summed E-state index contributed by atoms with van der Waals surface area (Å²) >= 11 is 1.47. The van der Waals surface area contributed by atoms with E-state index in [1.807, 2.05) is 19.2 Å². The largest absolute Gasteiger partial charge is 0.398 e. The summed E-state index contributed by atoms with van der Waals surface area (Å²) in [6, 6.07) is 6.89. The fraction of sp³-hybridized carbons (Fsp3) is 0.200. The Balaban J connectivity index is 0. The third-order valence-corrected chi connectivity index (χ3v) is 3.18. The van der Waals surface area contributed by atoms with E-state index >= 15 is 0 Å². The first-order chi connectivity index (χ1) is 9.58. The van der Waals surface area contributed by atoms with Crippen LogP contribution in [0, 0.1) is 5.41 Å². The van der Waals surface area contributed by atoms with Crippen LogP contribution in [0.3, 0.4) is 0 Å². The number of anilines is 2. The van der Waals surface area contributed by atoms with Crippen molar-refractivity contribution in [1.29, 1.82) is 5.41 Å². The molecule has 0 aliphatic rings. The molecule has 0 saturated carbocycles. The predicted octanol–water partition coefficient (Wildman–Crippen LogP) is 4.49. The number of nitrogens with one attached hydrogen (secondary N) is 2. The highest BCUT2D eigenvalue weighted by Gasteiger charge is 2.08. The molecule has 2 aromatic rings. The normalized spacial score (nSPS) is 9.35. The van der Waals surface area contributed by atoms with Gasteiger partial charge in [-0.1, -0.05) is 13.8 Å². The van der Waals surface area contributed by atoms with Gasteiger partial charge in [0.25, 0.3) is 5.91 Å². The summed E-state index contributed by atoms with van der Waals surface area (Å²) < 4.78 is 0. The summed E-state index contributed by atoms with van der Waals surface area (Å²) in [5.41, 5.74) is 8.58. The Morgan fingerprint density at radius 2 is 2.05 bits per heavy atom. The van der Waals surface area contributed by atoms with Gasteiger partial charge in [0, 0.05) is 30.9 Å². The number of hydrogen-bond donors (Lipinski definition) is 3. The van der Waals surface area contributed by atoms with E-state index in [9.17, 15) is 4.79 Å². The molecule has 1 aromatic carbocycles. The topological polar surface area (TPSA) is 79.0 Å². The minimum Gasteiger partial charge on any atom is -0.398 e. The first-order valence-corrected chi connectivity index (χ1v) is 7.31. The summed E-state index contributed by atoms with van der Waals surface area (Å²) in [6.07, 6.45) is 0. The highest BCUT2D eigenvalue weighted by Crippen LogP contribution is 2.19. The van der Waals surface area contributed by atoms with Gasteiger partial charge >= 0.3 is 0 Å². The van der Waals surface area contributed by atoms with E-state index in [0.29, 0.717) is 28.2 Å². The van der Waals surface area contributed by atoms with Gasteiger partial charge in [-0.15, -0.1) is 0 Å². The molecule has 4 N–H and O–H groups in total. The molecule has 0 aliphatic heterocycles. The molecule has 110 valence electrons. The Labute approximate surface area is 126 Å². The Hall–Kier alpha value is -2.14. The van der Waals surface area contributed by atoms with Crippen LogP contribution in [-0.2, 0) is 0 Å². The number of thiophene rings is 1. The number of nitrogens with two attached hydrogens (primary N) is 1. The van der Waals surface area contributed by atoms with Crippen LogP contribution in [-0.4, -0.2) is 11.6 Å². The standard InChI is InChI=1S/C13H13N3OS.C2H6.2H2/c1-8(14)11-6-10(2-3-12(11)15)16-13(17)9-4-5-18-7-9;1-2;;/h2-7,14H,15H2,1H3,(H,16,17);1-2H3;2*1H. The number of benzene rings is 1. The van der Waals surface area contributed by atoms with Crippen molar-refractivity contribution in [2.24, 2.45) is 0 Å². The van der Waals surface area contributed by atoms with E-state index in [2.05, 4.69) is 5.32 Å². The zero-order valence-electron chi connectivity index (χ0n) is 11.9. The fourth-order valence-corrected chi connectivity index (χ4v) is 2.19. The smallest absolute Gasteiger partial charge is 0.256 e. The number of amides is 1. The number of hydrogen-bond acceptors (Lipinski definition) is 4. The first kappa shape index (κ1) is 15.9. The van der Waals surface area contributed by atoms with Crippen molar-refractivity contribution < 1.29 is 7.65 Å². The van der Waals surface area contributed by atoms with Crippen LogP contribution in [0.4, 0.5) is 11.4 Å². The van der Waals surface area contributed by atoms with Crippen LogP contribution in [0.15, 0.2) is 35.0 Å². The molecule has 0 spiro atoms. The monoisotopic (exact) mass is 293 g/mol. The predicted molar refractivity (Wildman–Crippen MR) is 91.2 cm³/mol. The van der Waals surface area contributed by atoms with E-state index < -0.39 is 0 Å². The molecule has 2 rings (SSSR count). The van der Waals surface area contributed by atoms with E-state index in [0.717, 1.165) is 0 Å². The van der Waals surface area contributed by atoms with E-state index in [4.69, 9.17) is 11.1 Å². The lowest BCUT2D eigenvalue weighted by molar-refractivity contribution is 0.102. The van der Waals surface area contributed by atoms with Crippen LogP contribution < -0.4 is 11.1 Å². The molecule has 1 aromatic heterocycles. The van der Waals surface area contributed by atoms with Crippen molar-refractivity contribution in [3.8, 4) is 0 Å². The van der Waals surface area contributed by atoms with Gasteiger partial charge < -0.3 is 16.5 Å². The van der Waals surface area contributed by atoms with Gasteiger partial charge in [-0.3, -0.25) is 4.79 Å². The van der Waals surface area contributed by atoms with Gasteiger partial charge in [-0.2, -0.15) is 11.3 Å². The second-order valence-corrected chi connectivity index (χ2v) is 4.67. The Kier molecular flexibility index (Phi) is 5.93. The maximum Gasteiger partial charge on any atom is 0.256 e. The van der Waals surface area contributed by atoms with Crippen LogP contribution in [0.25, 0.3) is 0 Å². The molecule has 0 radical (unpaired) electrons. The van der Waals surface area contributed by atoms with Gasteiger partial charge in [0.1, 0.15) is 0 Å². The molecule has 0 saturated heterocycles. The molecule has 1 amide bonds. The average Bonchev–Trinajstić information content (AvgIpc) is 2.97. The fourth-order valence-electron chi connectivity index (χ4n) is 1.56. The molecular weight excluding hydrogens is 270 g/mol. The molecule has 20 heavy (non-hydrogen) atoms. The maximum absolute atomic E-state index is 11.9. The number of rotatable bonds is 3. The number of carbonyl (C=O) groups excluding carboxylic acids is 1. The van der Waals surface area contributed by atoms with Crippen molar-refractivity contribution in [2.45, 2.75) is 20.8 Å². The van der Waals surface area contributed by atoms with Gasteiger partial charge in [0.2, 0.25) is 0 Å².